The molecule has 4 rings (SSSR count). The molecule has 23 heavy (non-hydrogen) atoms. The van der Waals surface area contributed by atoms with Crippen LogP contribution >= 0.6 is 0 Å². The van der Waals surface area contributed by atoms with Crippen molar-refractivity contribution in [2.45, 2.75) is 19.4 Å². The Morgan fingerprint density at radius 2 is 2.09 bits per heavy atom. The van der Waals surface area contributed by atoms with Crippen molar-refractivity contribution < 1.29 is 0 Å². The molecule has 1 aliphatic rings. The van der Waals surface area contributed by atoms with Crippen LogP contribution in [-0.2, 0) is 13.6 Å². The lowest BCUT2D eigenvalue weighted by molar-refractivity contribution is 0.580. The second-order valence-electron chi connectivity index (χ2n) is 6.35. The molecule has 1 N–H and O–H groups in total. The first kappa shape index (κ1) is 14.1. The van der Waals surface area contributed by atoms with Crippen LogP contribution < -0.4 is 10.9 Å². The van der Waals surface area contributed by atoms with E-state index in [1.54, 1.807) is 18.7 Å². The molecular formula is C18H20N4O. The third-order valence-electron chi connectivity index (χ3n) is 4.56. The van der Waals surface area contributed by atoms with Crippen molar-refractivity contribution in [1.29, 1.82) is 0 Å². The fourth-order valence-corrected chi connectivity index (χ4v) is 2.99. The van der Waals surface area contributed by atoms with Crippen LogP contribution in [0.25, 0.3) is 22.0 Å². The van der Waals surface area contributed by atoms with Gasteiger partial charge in [0.05, 0.1) is 11.7 Å². The highest BCUT2D eigenvalue weighted by Gasteiger charge is 2.22. The number of rotatable bonds is 4. The molecule has 3 aromatic rings. The smallest absolute Gasteiger partial charge is 0.273 e. The zero-order chi connectivity index (χ0) is 16.0. The second-order valence-corrected chi connectivity index (χ2v) is 6.35. The zero-order valence-electron chi connectivity index (χ0n) is 13.4. The van der Waals surface area contributed by atoms with Gasteiger partial charge in [-0.15, -0.1) is 0 Å². The Morgan fingerprint density at radius 3 is 2.83 bits per heavy atom. The number of aromatic nitrogens is 3. The summed E-state index contributed by atoms with van der Waals surface area (Å²) in [4.78, 5) is 12.0. The van der Waals surface area contributed by atoms with Gasteiger partial charge in [-0.3, -0.25) is 9.48 Å². The standard InChI is InChI=1S/C18H20N4O/c1-19-16-7-15(11-21(2)18(16)23)13-5-6-14-9-20-22(17(14)8-13)10-12-3-4-12/h5-9,11-12,19H,3-4,10H2,1-2H3. The first-order valence-electron chi connectivity index (χ1n) is 8.00. The van der Waals surface area contributed by atoms with Gasteiger partial charge in [-0.1, -0.05) is 12.1 Å². The summed E-state index contributed by atoms with van der Waals surface area (Å²) < 4.78 is 3.73. The zero-order valence-corrected chi connectivity index (χ0v) is 13.4. The van der Waals surface area contributed by atoms with Gasteiger partial charge in [-0.2, -0.15) is 5.10 Å². The molecule has 0 bridgehead atoms. The number of nitrogens with one attached hydrogen (secondary N) is 1. The maximum absolute atomic E-state index is 12.0. The van der Waals surface area contributed by atoms with Crippen LogP contribution in [0.1, 0.15) is 12.8 Å². The maximum atomic E-state index is 12.0. The lowest BCUT2D eigenvalue weighted by atomic mass is 10.1. The van der Waals surface area contributed by atoms with Gasteiger partial charge < -0.3 is 9.88 Å². The Kier molecular flexibility index (Phi) is 3.22. The average molecular weight is 308 g/mol. The first-order valence-corrected chi connectivity index (χ1v) is 8.00. The Morgan fingerprint density at radius 1 is 1.26 bits per heavy atom. The fourth-order valence-electron chi connectivity index (χ4n) is 2.99. The van der Waals surface area contributed by atoms with E-state index >= 15 is 0 Å². The number of aryl methyl sites for hydroxylation is 1. The number of benzene rings is 1. The fraction of sp³-hybridized carbons (Fsp3) is 0.333. The Bertz CT molecular complexity index is 934. The summed E-state index contributed by atoms with van der Waals surface area (Å²) in [6, 6.07) is 8.27. The van der Waals surface area contributed by atoms with Crippen LogP contribution in [0.3, 0.4) is 0 Å². The van der Waals surface area contributed by atoms with Gasteiger partial charge in [0.1, 0.15) is 5.69 Å². The molecule has 0 aliphatic heterocycles. The molecule has 118 valence electrons. The summed E-state index contributed by atoms with van der Waals surface area (Å²) in [6.07, 6.45) is 6.44. The molecule has 1 fully saturated rings. The number of hydrogen-bond acceptors (Lipinski definition) is 3. The predicted molar refractivity (Wildman–Crippen MR) is 92.7 cm³/mol. The molecule has 1 aromatic carbocycles. The highest BCUT2D eigenvalue weighted by atomic mass is 16.1. The molecule has 0 amide bonds. The van der Waals surface area contributed by atoms with Crippen LogP contribution in [0, 0.1) is 5.92 Å². The van der Waals surface area contributed by atoms with Gasteiger partial charge in [0, 0.05) is 37.8 Å². The Labute approximate surface area is 134 Å². The third kappa shape index (κ3) is 2.52. The van der Waals surface area contributed by atoms with Crippen molar-refractivity contribution in [2.24, 2.45) is 13.0 Å². The molecule has 0 unspecified atom stereocenters. The molecule has 0 saturated heterocycles. The van der Waals surface area contributed by atoms with Gasteiger partial charge in [0.15, 0.2) is 0 Å². The number of pyridine rings is 1. The number of hydrogen-bond donors (Lipinski definition) is 1. The van der Waals surface area contributed by atoms with Crippen LogP contribution in [0.4, 0.5) is 5.69 Å². The third-order valence-corrected chi connectivity index (χ3v) is 4.56. The number of anilines is 1. The summed E-state index contributed by atoms with van der Waals surface area (Å²) >= 11 is 0. The summed E-state index contributed by atoms with van der Waals surface area (Å²) in [7, 11) is 3.55. The minimum Gasteiger partial charge on any atom is -0.384 e. The molecule has 0 radical (unpaired) electrons. The van der Waals surface area contributed by atoms with Crippen molar-refractivity contribution in [3.63, 3.8) is 0 Å². The lowest BCUT2D eigenvalue weighted by Crippen LogP contribution is -2.19. The lowest BCUT2D eigenvalue weighted by Gasteiger charge is -2.09. The molecule has 1 saturated carbocycles. The van der Waals surface area contributed by atoms with Gasteiger partial charge >= 0.3 is 0 Å². The normalized spacial score (nSPS) is 14.3. The largest absolute Gasteiger partial charge is 0.384 e. The van der Waals surface area contributed by atoms with Crippen molar-refractivity contribution in [3.05, 3.63) is 47.0 Å². The van der Waals surface area contributed by atoms with E-state index in [0.717, 1.165) is 34.5 Å². The summed E-state index contributed by atoms with van der Waals surface area (Å²) in [5, 5.41) is 8.66. The van der Waals surface area contributed by atoms with Gasteiger partial charge in [-0.25, -0.2) is 0 Å². The van der Waals surface area contributed by atoms with Crippen LogP contribution in [0.2, 0.25) is 0 Å². The van der Waals surface area contributed by atoms with Crippen molar-refractivity contribution in [1.82, 2.24) is 14.3 Å². The van der Waals surface area contributed by atoms with Gasteiger partial charge in [0.25, 0.3) is 5.56 Å². The second kappa shape index (κ2) is 5.26. The van der Waals surface area contributed by atoms with E-state index in [-0.39, 0.29) is 5.56 Å². The van der Waals surface area contributed by atoms with Crippen molar-refractivity contribution in [2.75, 3.05) is 12.4 Å². The molecule has 2 aromatic heterocycles. The molecule has 0 spiro atoms. The van der Waals surface area contributed by atoms with Crippen LogP contribution in [0.15, 0.2) is 41.5 Å². The van der Waals surface area contributed by atoms with E-state index in [4.69, 9.17) is 0 Å². The van der Waals surface area contributed by atoms with E-state index in [1.165, 1.54) is 12.8 Å². The molecule has 0 atom stereocenters. The highest BCUT2D eigenvalue weighted by molar-refractivity contribution is 5.84. The molecule has 1 aliphatic carbocycles. The van der Waals surface area contributed by atoms with Gasteiger partial charge in [-0.05, 0) is 36.5 Å². The number of nitrogens with zero attached hydrogens (tertiary/aromatic N) is 3. The Balaban J connectivity index is 1.82. The summed E-state index contributed by atoms with van der Waals surface area (Å²) in [6.45, 7) is 1.00. The topological polar surface area (TPSA) is 51.9 Å². The van der Waals surface area contributed by atoms with Crippen molar-refractivity contribution >= 4 is 16.6 Å². The molecule has 5 heteroatoms. The van der Waals surface area contributed by atoms with E-state index in [2.05, 4.69) is 33.3 Å². The van der Waals surface area contributed by atoms with E-state index < -0.39 is 0 Å². The first-order chi connectivity index (χ1) is 11.2. The predicted octanol–water partition coefficient (Wildman–Crippen LogP) is 2.85. The van der Waals surface area contributed by atoms with Gasteiger partial charge in [0.2, 0.25) is 0 Å². The average Bonchev–Trinajstić information content (AvgIpc) is 3.29. The van der Waals surface area contributed by atoms with Crippen LogP contribution in [0.5, 0.6) is 0 Å². The molecule has 5 nitrogen and oxygen atoms in total. The minimum absolute atomic E-state index is 0.0175. The van der Waals surface area contributed by atoms with E-state index in [9.17, 15) is 4.79 Å². The summed E-state index contributed by atoms with van der Waals surface area (Å²) in [5.41, 5.74) is 3.88. The number of fused-ring (bicyclic) bond motifs is 1. The molecule has 2 heterocycles. The maximum Gasteiger partial charge on any atom is 0.273 e. The van der Waals surface area contributed by atoms with E-state index in [1.807, 2.05) is 18.5 Å². The minimum atomic E-state index is -0.0175. The van der Waals surface area contributed by atoms with Crippen LogP contribution in [-0.4, -0.2) is 21.4 Å². The highest BCUT2D eigenvalue weighted by Crippen LogP contribution is 2.32. The Hall–Kier alpha value is -2.56. The molecular weight excluding hydrogens is 288 g/mol. The van der Waals surface area contributed by atoms with Crippen molar-refractivity contribution in [3.8, 4) is 11.1 Å². The SMILES string of the molecule is CNc1cc(-c2ccc3cnn(CC4CC4)c3c2)cn(C)c1=O. The quantitative estimate of drug-likeness (QED) is 0.806. The monoisotopic (exact) mass is 308 g/mol. The van der Waals surface area contributed by atoms with E-state index in [0.29, 0.717) is 5.69 Å². The summed E-state index contributed by atoms with van der Waals surface area (Å²) in [5.74, 6) is 0.787.